The van der Waals surface area contributed by atoms with Crippen LogP contribution in [0.5, 0.6) is 0 Å². The van der Waals surface area contributed by atoms with Gasteiger partial charge in [-0.1, -0.05) is 42.2 Å². The van der Waals surface area contributed by atoms with Crippen LogP contribution in [-0.2, 0) is 10.0 Å². The molecule has 8 heteroatoms. The summed E-state index contributed by atoms with van der Waals surface area (Å²) < 4.78 is 27.6. The summed E-state index contributed by atoms with van der Waals surface area (Å²) in [5.41, 5.74) is -0.0835. The Bertz CT molecular complexity index is 551. The van der Waals surface area contributed by atoms with Crippen molar-refractivity contribution in [3.05, 3.63) is 10.7 Å². The van der Waals surface area contributed by atoms with Crippen LogP contribution in [0.1, 0.15) is 32.1 Å². The van der Waals surface area contributed by atoms with Crippen LogP contribution < -0.4 is 4.72 Å². The summed E-state index contributed by atoms with van der Waals surface area (Å²) in [6.45, 7) is 0.428. The van der Waals surface area contributed by atoms with Gasteiger partial charge in [-0.2, -0.15) is 0 Å². The summed E-state index contributed by atoms with van der Waals surface area (Å²) in [4.78, 5) is 5.93. The molecule has 0 unspecified atom stereocenters. The van der Waals surface area contributed by atoms with E-state index in [1.54, 1.807) is 0 Å². The van der Waals surface area contributed by atoms with Crippen molar-refractivity contribution >= 4 is 33.0 Å². The van der Waals surface area contributed by atoms with E-state index in [4.69, 9.17) is 11.6 Å². The molecule has 1 aliphatic rings. The van der Waals surface area contributed by atoms with E-state index in [0.717, 1.165) is 37.0 Å². The molecule has 114 valence electrons. The molecule has 20 heavy (non-hydrogen) atoms. The minimum atomic E-state index is -3.52. The average Bonchev–Trinajstić information content (AvgIpc) is 2.85. The number of nitrogens with one attached hydrogen (secondary N) is 1. The molecule has 1 aromatic heterocycles. The highest BCUT2D eigenvalue weighted by Crippen LogP contribution is 2.32. The largest absolute Gasteiger partial charge is 0.302 e. The van der Waals surface area contributed by atoms with Crippen LogP contribution in [0.25, 0.3) is 0 Å². The number of likely N-dealkylation sites (N-methyl/N-ethyl adjacent to an activating group) is 1. The molecule has 1 N–H and O–H groups in total. The van der Waals surface area contributed by atoms with E-state index >= 15 is 0 Å². The van der Waals surface area contributed by atoms with Crippen LogP contribution in [-0.4, -0.2) is 44.5 Å². The molecule has 1 fully saturated rings. The van der Waals surface area contributed by atoms with E-state index in [-0.39, 0.29) is 14.2 Å². The number of nitrogens with zero attached hydrogens (tertiary/aromatic N) is 2. The first-order valence-corrected chi connectivity index (χ1v) is 9.32. The van der Waals surface area contributed by atoms with Gasteiger partial charge in [0.15, 0.2) is 8.68 Å². The highest BCUT2D eigenvalue weighted by Gasteiger charge is 2.35. The zero-order valence-electron chi connectivity index (χ0n) is 11.7. The lowest BCUT2D eigenvalue weighted by atomic mass is 9.81. The number of sulfonamides is 1. The summed E-state index contributed by atoms with van der Waals surface area (Å²) >= 11 is 6.68. The van der Waals surface area contributed by atoms with Gasteiger partial charge in [0.25, 0.3) is 10.0 Å². The van der Waals surface area contributed by atoms with Crippen molar-refractivity contribution in [1.29, 1.82) is 0 Å². The van der Waals surface area contributed by atoms with E-state index in [1.165, 1.54) is 12.6 Å². The average molecular weight is 338 g/mol. The monoisotopic (exact) mass is 337 g/mol. The lowest BCUT2D eigenvalue weighted by molar-refractivity contribution is 0.105. The molecule has 0 saturated heterocycles. The summed E-state index contributed by atoms with van der Waals surface area (Å²) in [5, 5.41) is 0. The van der Waals surface area contributed by atoms with Crippen LogP contribution in [0.2, 0.25) is 4.47 Å². The molecule has 5 nitrogen and oxygen atoms in total. The maximum Gasteiger partial charge on any atom is 0.251 e. The van der Waals surface area contributed by atoms with Crippen molar-refractivity contribution in [2.45, 2.75) is 41.9 Å². The Morgan fingerprint density at radius 2 is 2.05 bits per heavy atom. The number of hydrogen-bond acceptors (Lipinski definition) is 5. The van der Waals surface area contributed by atoms with Gasteiger partial charge in [-0.3, -0.25) is 0 Å². The van der Waals surface area contributed by atoms with Crippen LogP contribution in [0.15, 0.2) is 10.4 Å². The molecule has 0 aromatic carbocycles. The van der Waals surface area contributed by atoms with Crippen LogP contribution in [0.3, 0.4) is 0 Å². The summed E-state index contributed by atoms with van der Waals surface area (Å²) in [6, 6.07) is 0. The van der Waals surface area contributed by atoms with E-state index in [9.17, 15) is 8.42 Å². The van der Waals surface area contributed by atoms with E-state index in [1.807, 2.05) is 14.1 Å². The highest BCUT2D eigenvalue weighted by atomic mass is 35.5. The fourth-order valence-electron chi connectivity index (χ4n) is 2.66. The van der Waals surface area contributed by atoms with Gasteiger partial charge in [-0.05, 0) is 26.9 Å². The van der Waals surface area contributed by atoms with Crippen molar-refractivity contribution < 1.29 is 8.42 Å². The topological polar surface area (TPSA) is 62.3 Å². The second-order valence-electron chi connectivity index (χ2n) is 5.44. The van der Waals surface area contributed by atoms with Crippen LogP contribution >= 0.6 is 22.9 Å². The van der Waals surface area contributed by atoms with Crippen molar-refractivity contribution in [1.82, 2.24) is 14.6 Å². The molecule has 0 spiro atoms. The lowest BCUT2D eigenvalue weighted by Crippen LogP contribution is -2.53. The molecule has 2 rings (SSSR count). The van der Waals surface area contributed by atoms with Gasteiger partial charge < -0.3 is 4.90 Å². The van der Waals surface area contributed by atoms with Crippen LogP contribution in [0.4, 0.5) is 0 Å². The van der Waals surface area contributed by atoms with E-state index < -0.39 is 10.0 Å². The van der Waals surface area contributed by atoms with Gasteiger partial charge >= 0.3 is 0 Å². The predicted molar refractivity (Wildman–Crippen MR) is 81.8 cm³/mol. The summed E-state index contributed by atoms with van der Waals surface area (Å²) in [7, 11) is 0.519. The molecular weight excluding hydrogens is 318 g/mol. The van der Waals surface area contributed by atoms with Crippen molar-refractivity contribution in [2.24, 2.45) is 0 Å². The number of rotatable bonds is 5. The first-order chi connectivity index (χ1) is 9.36. The quantitative estimate of drug-likeness (QED) is 0.895. The molecule has 0 bridgehead atoms. The van der Waals surface area contributed by atoms with Gasteiger partial charge in [0.05, 0.1) is 6.20 Å². The second kappa shape index (κ2) is 6.27. The van der Waals surface area contributed by atoms with Gasteiger partial charge in [-0.25, -0.2) is 18.1 Å². The van der Waals surface area contributed by atoms with Gasteiger partial charge in [-0.15, -0.1) is 0 Å². The van der Waals surface area contributed by atoms with E-state index in [0.29, 0.717) is 6.54 Å². The Balaban J connectivity index is 2.09. The van der Waals surface area contributed by atoms with Crippen LogP contribution in [0, 0.1) is 0 Å². The van der Waals surface area contributed by atoms with Crippen molar-refractivity contribution in [3.8, 4) is 0 Å². The number of halogens is 1. The smallest absolute Gasteiger partial charge is 0.251 e. The Labute approximate surface area is 129 Å². The molecule has 0 atom stereocenters. The number of thiazole rings is 1. The fraction of sp³-hybridized carbons (Fsp3) is 0.750. The maximum absolute atomic E-state index is 12.2. The molecule has 1 heterocycles. The zero-order chi connectivity index (χ0) is 14.8. The molecule has 0 amide bonds. The maximum atomic E-state index is 12.2. The first kappa shape index (κ1) is 16.2. The Kier molecular flexibility index (Phi) is 5.07. The standard InChI is InChI=1S/C12H20ClN3O2S2/c1-16(2)12(6-4-3-5-7-12)9-15-20(17,18)10-8-14-11(13)19-10/h8,15H,3-7,9H2,1-2H3. The third-order valence-corrected chi connectivity index (χ3v) is 7.02. The highest BCUT2D eigenvalue weighted by molar-refractivity contribution is 7.91. The molecule has 1 aliphatic carbocycles. The zero-order valence-corrected chi connectivity index (χ0v) is 14.1. The normalized spacial score (nSPS) is 19.4. The van der Waals surface area contributed by atoms with Crippen molar-refractivity contribution in [2.75, 3.05) is 20.6 Å². The lowest BCUT2D eigenvalue weighted by Gasteiger charge is -2.43. The van der Waals surface area contributed by atoms with Gasteiger partial charge in [0, 0.05) is 12.1 Å². The second-order valence-corrected chi connectivity index (χ2v) is 9.04. The minimum Gasteiger partial charge on any atom is -0.302 e. The third-order valence-electron chi connectivity index (χ3n) is 4.05. The molecule has 1 aromatic rings. The molecule has 1 saturated carbocycles. The van der Waals surface area contributed by atoms with Gasteiger partial charge in [0.2, 0.25) is 0 Å². The van der Waals surface area contributed by atoms with Crippen molar-refractivity contribution in [3.63, 3.8) is 0 Å². The summed E-state index contributed by atoms with van der Waals surface area (Å²) in [5.74, 6) is 0. The Hall–Kier alpha value is -0.210. The first-order valence-electron chi connectivity index (χ1n) is 6.64. The number of hydrogen-bond donors (Lipinski definition) is 1. The summed E-state index contributed by atoms with van der Waals surface area (Å²) in [6.07, 6.45) is 6.86. The fourth-order valence-corrected chi connectivity index (χ4v) is 5.11. The molecule has 0 aliphatic heterocycles. The third kappa shape index (κ3) is 3.51. The van der Waals surface area contributed by atoms with Gasteiger partial charge in [0.1, 0.15) is 0 Å². The Morgan fingerprint density at radius 3 is 2.55 bits per heavy atom. The number of aromatic nitrogens is 1. The SMILES string of the molecule is CN(C)C1(CNS(=O)(=O)c2cnc(Cl)s2)CCCCC1. The molecular formula is C12H20ClN3O2S2. The predicted octanol–water partition coefficient (Wildman–Crippen LogP) is 2.34. The minimum absolute atomic E-state index is 0.0835. The molecule has 0 radical (unpaired) electrons. The van der Waals surface area contributed by atoms with E-state index in [2.05, 4.69) is 14.6 Å². The Morgan fingerprint density at radius 1 is 1.40 bits per heavy atom.